The number of halogens is 1. The first kappa shape index (κ1) is 18.5. The summed E-state index contributed by atoms with van der Waals surface area (Å²) in [4.78, 5) is 13.1. The number of nitrogens with zero attached hydrogens (tertiary/aromatic N) is 2. The van der Waals surface area contributed by atoms with Gasteiger partial charge in [0, 0.05) is 6.42 Å². The zero-order chi connectivity index (χ0) is 19.7. The molecule has 0 spiro atoms. The molecular formula is C22H19BrN2O3. The monoisotopic (exact) mass is 438 g/mol. The smallest absolute Gasteiger partial charge is 0.310 e. The first-order valence-electron chi connectivity index (χ1n) is 8.92. The molecule has 1 aromatic heterocycles. The molecule has 1 amide bonds. The molecule has 3 aromatic rings. The van der Waals surface area contributed by atoms with E-state index in [9.17, 15) is 4.79 Å². The summed E-state index contributed by atoms with van der Waals surface area (Å²) in [5, 5.41) is 6.19. The number of furan rings is 1. The molecule has 1 aliphatic heterocycles. The molecule has 0 aliphatic carbocycles. The minimum atomic E-state index is -0.264. The Hall–Kier alpha value is -2.86. The van der Waals surface area contributed by atoms with Gasteiger partial charge in [-0.1, -0.05) is 29.8 Å². The number of hydrogen-bond acceptors (Lipinski definition) is 4. The third kappa shape index (κ3) is 3.60. The van der Waals surface area contributed by atoms with Crippen LogP contribution in [0.25, 0.3) is 0 Å². The minimum Gasteiger partial charge on any atom is -0.497 e. The summed E-state index contributed by atoms with van der Waals surface area (Å²) in [5.74, 6) is 0.773. The normalized spacial score (nSPS) is 16.2. The van der Waals surface area contributed by atoms with Crippen LogP contribution < -0.4 is 4.74 Å². The number of aryl methyl sites for hydroxylation is 1. The van der Waals surface area contributed by atoms with E-state index in [4.69, 9.17) is 9.15 Å². The second-order valence-electron chi connectivity index (χ2n) is 6.66. The lowest BCUT2D eigenvalue weighted by Gasteiger charge is -2.21. The summed E-state index contributed by atoms with van der Waals surface area (Å²) >= 11 is 3.25. The number of rotatable bonds is 4. The van der Waals surface area contributed by atoms with Crippen molar-refractivity contribution in [2.24, 2.45) is 5.10 Å². The van der Waals surface area contributed by atoms with Gasteiger partial charge in [-0.15, -0.1) is 0 Å². The van der Waals surface area contributed by atoms with Gasteiger partial charge in [-0.25, -0.2) is 5.01 Å². The molecule has 2 heterocycles. The van der Waals surface area contributed by atoms with Crippen LogP contribution in [0.1, 0.15) is 39.7 Å². The van der Waals surface area contributed by atoms with Crippen molar-refractivity contribution in [1.29, 1.82) is 0 Å². The average molecular weight is 439 g/mol. The lowest BCUT2D eigenvalue weighted by atomic mass is 9.97. The molecule has 0 saturated heterocycles. The quantitative estimate of drug-likeness (QED) is 0.551. The highest BCUT2D eigenvalue weighted by Gasteiger charge is 2.34. The Labute approximate surface area is 171 Å². The molecular weight excluding hydrogens is 420 g/mol. The molecule has 0 fully saturated rings. The van der Waals surface area contributed by atoms with Gasteiger partial charge in [0.05, 0.1) is 18.9 Å². The summed E-state index contributed by atoms with van der Waals surface area (Å²) in [6.07, 6.45) is 0.628. The second kappa shape index (κ2) is 7.64. The second-order valence-corrected chi connectivity index (χ2v) is 7.44. The van der Waals surface area contributed by atoms with Gasteiger partial charge in [-0.05, 0) is 70.4 Å². The zero-order valence-electron chi connectivity index (χ0n) is 15.6. The van der Waals surface area contributed by atoms with E-state index in [0.717, 1.165) is 22.6 Å². The van der Waals surface area contributed by atoms with Crippen molar-refractivity contribution >= 4 is 27.5 Å². The molecule has 1 atom stereocenters. The molecule has 1 aliphatic rings. The van der Waals surface area contributed by atoms with Crippen molar-refractivity contribution in [2.75, 3.05) is 7.11 Å². The molecule has 0 N–H and O–H groups in total. The summed E-state index contributed by atoms with van der Waals surface area (Å²) in [6.45, 7) is 2.04. The topological polar surface area (TPSA) is 55.0 Å². The highest BCUT2D eigenvalue weighted by Crippen LogP contribution is 2.34. The minimum absolute atomic E-state index is 0.186. The van der Waals surface area contributed by atoms with E-state index in [1.165, 1.54) is 10.6 Å². The largest absolute Gasteiger partial charge is 0.497 e. The number of benzene rings is 2. The SMILES string of the molecule is COc1ccc(C2=NN(C(=O)c3ccc(Br)o3)[C@@H](c3ccc(C)cc3)C2)cc1. The first-order valence-corrected chi connectivity index (χ1v) is 9.72. The van der Waals surface area contributed by atoms with Crippen molar-refractivity contribution < 1.29 is 13.9 Å². The van der Waals surface area contributed by atoms with E-state index in [1.807, 2.05) is 55.5 Å². The predicted molar refractivity (Wildman–Crippen MR) is 111 cm³/mol. The highest BCUT2D eigenvalue weighted by atomic mass is 79.9. The fourth-order valence-electron chi connectivity index (χ4n) is 3.25. The molecule has 0 saturated carbocycles. The van der Waals surface area contributed by atoms with Crippen molar-refractivity contribution in [2.45, 2.75) is 19.4 Å². The van der Waals surface area contributed by atoms with Gasteiger partial charge in [0.25, 0.3) is 0 Å². The van der Waals surface area contributed by atoms with E-state index in [1.54, 1.807) is 19.2 Å². The Kier molecular flexibility index (Phi) is 5.05. The summed E-state index contributed by atoms with van der Waals surface area (Å²) in [6, 6.07) is 19.1. The van der Waals surface area contributed by atoms with Gasteiger partial charge in [-0.3, -0.25) is 4.79 Å². The number of methoxy groups -OCH3 is 1. The van der Waals surface area contributed by atoms with Crippen LogP contribution in [-0.4, -0.2) is 23.7 Å². The van der Waals surface area contributed by atoms with Gasteiger partial charge in [0.2, 0.25) is 0 Å². The maximum absolute atomic E-state index is 13.1. The van der Waals surface area contributed by atoms with Gasteiger partial charge in [-0.2, -0.15) is 5.10 Å². The summed E-state index contributed by atoms with van der Waals surface area (Å²) in [7, 11) is 1.64. The molecule has 0 unspecified atom stereocenters. The fourth-order valence-corrected chi connectivity index (χ4v) is 3.55. The molecule has 5 nitrogen and oxygen atoms in total. The first-order chi connectivity index (χ1) is 13.5. The third-order valence-electron chi connectivity index (χ3n) is 4.79. The molecule has 2 aromatic carbocycles. The van der Waals surface area contributed by atoms with Crippen LogP contribution in [0.2, 0.25) is 0 Å². The molecule has 28 heavy (non-hydrogen) atoms. The van der Waals surface area contributed by atoms with Crippen LogP contribution >= 0.6 is 15.9 Å². The zero-order valence-corrected chi connectivity index (χ0v) is 17.1. The maximum atomic E-state index is 13.1. The number of amides is 1. The molecule has 142 valence electrons. The summed E-state index contributed by atoms with van der Waals surface area (Å²) in [5.41, 5.74) is 4.03. The van der Waals surface area contributed by atoms with E-state index in [-0.39, 0.29) is 17.7 Å². The third-order valence-corrected chi connectivity index (χ3v) is 5.21. The van der Waals surface area contributed by atoms with Crippen LogP contribution in [0.15, 0.2) is 74.9 Å². The average Bonchev–Trinajstić information content (AvgIpc) is 3.35. The Bertz CT molecular complexity index is 1020. The Morgan fingerprint density at radius 3 is 2.43 bits per heavy atom. The van der Waals surface area contributed by atoms with E-state index in [0.29, 0.717) is 11.1 Å². The van der Waals surface area contributed by atoms with Crippen molar-refractivity contribution in [3.63, 3.8) is 0 Å². The maximum Gasteiger partial charge on any atom is 0.310 e. The van der Waals surface area contributed by atoms with E-state index < -0.39 is 0 Å². The Morgan fingerprint density at radius 2 is 1.82 bits per heavy atom. The number of carbonyl (C=O) groups excluding carboxylic acids is 1. The van der Waals surface area contributed by atoms with Crippen LogP contribution in [-0.2, 0) is 0 Å². The van der Waals surface area contributed by atoms with Crippen LogP contribution in [0.3, 0.4) is 0 Å². The lowest BCUT2D eigenvalue weighted by Crippen LogP contribution is -2.26. The Balaban J connectivity index is 1.70. The van der Waals surface area contributed by atoms with Gasteiger partial charge in [0.15, 0.2) is 10.4 Å². The van der Waals surface area contributed by atoms with Crippen molar-refractivity contribution in [3.8, 4) is 5.75 Å². The Morgan fingerprint density at radius 1 is 1.11 bits per heavy atom. The van der Waals surface area contributed by atoms with Crippen LogP contribution in [0, 0.1) is 6.92 Å². The molecule has 6 heteroatoms. The number of hydrazone groups is 1. The fraction of sp³-hybridized carbons (Fsp3) is 0.182. The number of hydrogen-bond donors (Lipinski definition) is 0. The van der Waals surface area contributed by atoms with E-state index >= 15 is 0 Å². The van der Waals surface area contributed by atoms with Crippen molar-refractivity contribution in [1.82, 2.24) is 5.01 Å². The van der Waals surface area contributed by atoms with E-state index in [2.05, 4.69) is 21.0 Å². The lowest BCUT2D eigenvalue weighted by molar-refractivity contribution is 0.0677. The van der Waals surface area contributed by atoms with Gasteiger partial charge >= 0.3 is 5.91 Å². The standard InChI is InChI=1S/C22H19BrN2O3/c1-14-3-5-16(6-4-14)19-13-18(15-7-9-17(27-2)10-8-15)24-25(19)22(26)20-11-12-21(23)28-20/h3-12,19H,13H2,1-2H3/t19-/m1/s1. The highest BCUT2D eigenvalue weighted by molar-refractivity contribution is 9.10. The molecule has 4 rings (SSSR count). The van der Waals surface area contributed by atoms with Crippen molar-refractivity contribution in [3.05, 3.63) is 87.8 Å². The van der Waals surface area contributed by atoms with Gasteiger partial charge < -0.3 is 9.15 Å². The predicted octanol–water partition coefficient (Wildman–Crippen LogP) is 5.35. The summed E-state index contributed by atoms with van der Waals surface area (Å²) < 4.78 is 11.2. The molecule has 0 radical (unpaired) electrons. The molecule has 0 bridgehead atoms. The number of ether oxygens (including phenoxy) is 1. The van der Waals surface area contributed by atoms with Gasteiger partial charge in [0.1, 0.15) is 5.75 Å². The number of carbonyl (C=O) groups is 1. The van der Waals surface area contributed by atoms with Crippen LogP contribution in [0.4, 0.5) is 0 Å². The van der Waals surface area contributed by atoms with Crippen LogP contribution in [0.5, 0.6) is 5.75 Å².